The van der Waals surface area contributed by atoms with Crippen LogP contribution in [0, 0.1) is 19.7 Å². The zero-order valence-electron chi connectivity index (χ0n) is 18.2. The Labute approximate surface area is 191 Å². The Morgan fingerprint density at radius 1 is 1.22 bits per heavy atom. The van der Waals surface area contributed by atoms with Crippen LogP contribution in [0.15, 0.2) is 35.5 Å². The van der Waals surface area contributed by atoms with Gasteiger partial charge in [-0.05, 0) is 44.0 Å². The summed E-state index contributed by atoms with van der Waals surface area (Å²) in [7, 11) is -1.20. The van der Waals surface area contributed by atoms with Crippen molar-refractivity contribution in [2.24, 2.45) is 7.05 Å². The van der Waals surface area contributed by atoms with E-state index in [0.717, 1.165) is 17.0 Å². The second-order valence-electron chi connectivity index (χ2n) is 8.21. The van der Waals surface area contributed by atoms with Gasteiger partial charge < -0.3 is 9.13 Å². The van der Waals surface area contributed by atoms with Crippen LogP contribution in [0.2, 0.25) is 0 Å². The van der Waals surface area contributed by atoms with Gasteiger partial charge >= 0.3 is 0 Å². The Balaban J connectivity index is 1.44. The highest BCUT2D eigenvalue weighted by molar-refractivity contribution is 7.99. The van der Waals surface area contributed by atoms with Crippen LogP contribution in [0.3, 0.4) is 0 Å². The first-order valence-electron chi connectivity index (χ1n) is 10.3. The van der Waals surface area contributed by atoms with Crippen LogP contribution >= 0.6 is 11.8 Å². The van der Waals surface area contributed by atoms with E-state index in [-0.39, 0.29) is 34.8 Å². The lowest BCUT2D eigenvalue weighted by atomic mass is 10.1. The molecule has 0 N–H and O–H groups in total. The van der Waals surface area contributed by atoms with Gasteiger partial charge in [-0.3, -0.25) is 4.79 Å². The summed E-state index contributed by atoms with van der Waals surface area (Å²) in [4.78, 5) is 12.9. The molecule has 1 aliphatic heterocycles. The first-order chi connectivity index (χ1) is 15.1. The van der Waals surface area contributed by atoms with Crippen LogP contribution in [0.1, 0.15) is 45.5 Å². The molecule has 0 saturated carbocycles. The van der Waals surface area contributed by atoms with Gasteiger partial charge in [-0.1, -0.05) is 23.9 Å². The molecule has 4 rings (SSSR count). The summed E-state index contributed by atoms with van der Waals surface area (Å²) in [5, 5.41) is 8.96. The molecule has 0 spiro atoms. The van der Waals surface area contributed by atoms with Gasteiger partial charge in [0.1, 0.15) is 11.6 Å². The number of nitrogens with zero attached hydrogens (tertiary/aromatic N) is 4. The molecule has 0 bridgehead atoms. The molecule has 0 radical (unpaired) electrons. The summed E-state index contributed by atoms with van der Waals surface area (Å²) in [6, 6.07) is 8.23. The summed E-state index contributed by atoms with van der Waals surface area (Å²) in [5.41, 5.74) is 3.44. The fourth-order valence-electron chi connectivity index (χ4n) is 4.11. The van der Waals surface area contributed by atoms with E-state index < -0.39 is 9.84 Å². The minimum absolute atomic E-state index is 0.0125. The number of carbonyl (C=O) groups excluding carboxylic acids is 1. The van der Waals surface area contributed by atoms with Crippen LogP contribution in [0.25, 0.3) is 0 Å². The lowest BCUT2D eigenvalue weighted by Gasteiger charge is -2.10. The summed E-state index contributed by atoms with van der Waals surface area (Å²) in [5.74, 6) is 0.703. The van der Waals surface area contributed by atoms with Crippen molar-refractivity contribution in [2.75, 3.05) is 17.3 Å². The SMILES string of the molecule is Cc1cc(C(=O)CSc2nnc([C@H]3CCS(=O)(=O)C3)n2C)c(C)n1Cc1ccc(F)cc1. The largest absolute Gasteiger partial charge is 0.344 e. The van der Waals surface area contributed by atoms with E-state index in [1.807, 2.05) is 31.5 Å². The predicted molar refractivity (Wildman–Crippen MR) is 121 cm³/mol. The lowest BCUT2D eigenvalue weighted by molar-refractivity contribution is 0.102. The van der Waals surface area contributed by atoms with E-state index in [4.69, 9.17) is 0 Å². The van der Waals surface area contributed by atoms with E-state index in [9.17, 15) is 17.6 Å². The van der Waals surface area contributed by atoms with Crippen molar-refractivity contribution >= 4 is 27.4 Å². The molecule has 3 heterocycles. The summed E-state index contributed by atoms with van der Waals surface area (Å²) in [6.45, 7) is 4.43. The number of aryl methyl sites for hydroxylation is 1. The van der Waals surface area contributed by atoms with Gasteiger partial charge in [0.25, 0.3) is 0 Å². The maximum Gasteiger partial charge on any atom is 0.191 e. The monoisotopic (exact) mass is 476 g/mol. The van der Waals surface area contributed by atoms with Crippen LogP contribution in [0.5, 0.6) is 0 Å². The minimum atomic E-state index is -3.01. The number of sulfone groups is 1. The molecule has 1 aliphatic rings. The second kappa shape index (κ2) is 8.82. The van der Waals surface area contributed by atoms with Crippen molar-refractivity contribution in [1.82, 2.24) is 19.3 Å². The number of halogens is 1. The van der Waals surface area contributed by atoms with Crippen LogP contribution in [-0.4, -0.2) is 50.8 Å². The molecular formula is C22H25FN4O3S2. The molecule has 0 unspecified atom stereocenters. The van der Waals surface area contributed by atoms with E-state index in [0.29, 0.717) is 29.5 Å². The normalized spacial score (nSPS) is 17.7. The maximum atomic E-state index is 13.2. The smallest absolute Gasteiger partial charge is 0.191 e. The number of thioether (sulfide) groups is 1. The number of Topliss-reactive ketones (excluding diaryl/α,β-unsaturated/α-hetero) is 1. The van der Waals surface area contributed by atoms with Crippen molar-refractivity contribution in [3.05, 3.63) is 64.5 Å². The van der Waals surface area contributed by atoms with Gasteiger partial charge in [-0.15, -0.1) is 10.2 Å². The van der Waals surface area contributed by atoms with Gasteiger partial charge in [-0.25, -0.2) is 12.8 Å². The Hall–Kier alpha value is -2.46. The van der Waals surface area contributed by atoms with Gasteiger partial charge in [0.15, 0.2) is 20.8 Å². The third-order valence-electron chi connectivity index (χ3n) is 5.93. The molecule has 1 aromatic carbocycles. The fraction of sp³-hybridized carbons (Fsp3) is 0.409. The van der Waals surface area contributed by atoms with Crippen LogP contribution in [0.4, 0.5) is 4.39 Å². The van der Waals surface area contributed by atoms with E-state index >= 15 is 0 Å². The quantitative estimate of drug-likeness (QED) is 0.384. The van der Waals surface area contributed by atoms with Crippen molar-refractivity contribution in [1.29, 1.82) is 0 Å². The Kier molecular flexibility index (Phi) is 6.26. The number of hydrogen-bond donors (Lipinski definition) is 0. The molecule has 1 atom stereocenters. The van der Waals surface area contributed by atoms with Crippen molar-refractivity contribution < 1.29 is 17.6 Å². The van der Waals surface area contributed by atoms with Gasteiger partial charge in [0, 0.05) is 36.5 Å². The molecule has 32 heavy (non-hydrogen) atoms. The number of carbonyl (C=O) groups is 1. The lowest BCUT2D eigenvalue weighted by Crippen LogP contribution is -2.10. The van der Waals surface area contributed by atoms with Crippen molar-refractivity contribution in [3.63, 3.8) is 0 Å². The molecule has 0 aliphatic carbocycles. The molecule has 10 heteroatoms. The average molecular weight is 477 g/mol. The van der Waals surface area contributed by atoms with Gasteiger partial charge in [0.05, 0.1) is 17.3 Å². The first kappa shape index (κ1) is 22.7. The average Bonchev–Trinajstić information content (AvgIpc) is 3.38. The van der Waals surface area contributed by atoms with Gasteiger partial charge in [-0.2, -0.15) is 0 Å². The van der Waals surface area contributed by atoms with Gasteiger partial charge in [0.2, 0.25) is 0 Å². The van der Waals surface area contributed by atoms with E-state index in [1.165, 1.54) is 23.9 Å². The third kappa shape index (κ3) is 4.66. The fourth-order valence-corrected chi connectivity index (χ4v) is 6.65. The molecule has 1 fully saturated rings. The van der Waals surface area contributed by atoms with Crippen LogP contribution < -0.4 is 0 Å². The highest BCUT2D eigenvalue weighted by Crippen LogP contribution is 2.29. The van der Waals surface area contributed by atoms with E-state index in [1.54, 1.807) is 16.7 Å². The zero-order chi connectivity index (χ0) is 23.0. The number of ketones is 1. The van der Waals surface area contributed by atoms with Crippen molar-refractivity contribution in [2.45, 2.75) is 37.9 Å². The predicted octanol–water partition coefficient (Wildman–Crippen LogP) is 3.30. The molecule has 0 amide bonds. The topological polar surface area (TPSA) is 86.9 Å². The number of hydrogen-bond acceptors (Lipinski definition) is 6. The molecule has 3 aromatic rings. The summed E-state index contributed by atoms with van der Waals surface area (Å²) < 4.78 is 40.6. The number of benzene rings is 1. The molecule has 170 valence electrons. The molecular weight excluding hydrogens is 451 g/mol. The summed E-state index contributed by atoms with van der Waals surface area (Å²) in [6.07, 6.45) is 0.554. The first-order valence-corrected chi connectivity index (χ1v) is 13.1. The standard InChI is InChI=1S/C22H25FN4O3S2/c1-14-10-19(15(2)27(14)11-16-4-6-18(23)7-5-16)20(28)12-31-22-25-24-21(26(22)3)17-8-9-32(29,30)13-17/h4-7,10,17H,8-9,11-13H2,1-3H3/t17-/m0/s1. The number of rotatable bonds is 7. The summed E-state index contributed by atoms with van der Waals surface area (Å²) >= 11 is 1.30. The Bertz CT molecular complexity index is 1260. The molecule has 1 saturated heterocycles. The van der Waals surface area contributed by atoms with Crippen LogP contribution in [-0.2, 0) is 23.4 Å². The van der Waals surface area contributed by atoms with E-state index in [2.05, 4.69) is 10.2 Å². The Morgan fingerprint density at radius 3 is 2.59 bits per heavy atom. The molecule has 7 nitrogen and oxygen atoms in total. The minimum Gasteiger partial charge on any atom is -0.344 e. The maximum absolute atomic E-state index is 13.2. The van der Waals surface area contributed by atoms with Crippen molar-refractivity contribution in [3.8, 4) is 0 Å². The molecule has 2 aromatic heterocycles. The zero-order valence-corrected chi connectivity index (χ0v) is 19.8. The number of aromatic nitrogens is 4. The highest BCUT2D eigenvalue weighted by atomic mass is 32.2. The Morgan fingerprint density at radius 2 is 1.94 bits per heavy atom. The highest BCUT2D eigenvalue weighted by Gasteiger charge is 2.32. The third-order valence-corrected chi connectivity index (χ3v) is 8.71. The second-order valence-corrected chi connectivity index (χ2v) is 11.4.